The second kappa shape index (κ2) is 7.47. The predicted octanol–water partition coefficient (Wildman–Crippen LogP) is 3.74. The number of imidazole rings is 1. The largest absolute Gasteiger partial charge is 0.380 e. The van der Waals surface area contributed by atoms with E-state index in [-0.39, 0.29) is 24.0 Å². The molecule has 0 fully saturated rings. The van der Waals surface area contributed by atoms with E-state index >= 15 is 0 Å². The normalized spacial score (nSPS) is 11.8. The maximum Gasteiger partial charge on any atom is 0.164 e. The molecule has 132 valence electrons. The van der Waals surface area contributed by atoms with Gasteiger partial charge >= 0.3 is 0 Å². The van der Waals surface area contributed by atoms with Crippen LogP contribution in [0.3, 0.4) is 0 Å². The molecule has 2 aromatic carbocycles. The minimum absolute atomic E-state index is 0. The number of anilines is 2. The zero-order chi connectivity index (χ0) is 17.2. The van der Waals surface area contributed by atoms with Gasteiger partial charge in [0.15, 0.2) is 5.82 Å². The summed E-state index contributed by atoms with van der Waals surface area (Å²) in [5.41, 5.74) is 1.21. The minimum Gasteiger partial charge on any atom is -0.380 e. The van der Waals surface area contributed by atoms with Crippen molar-refractivity contribution in [3.8, 4) is 0 Å². The number of fused-ring (bicyclic) bond motifs is 1. The fourth-order valence-corrected chi connectivity index (χ4v) is 2.56. The molecule has 6 nitrogen and oxygen atoms in total. The maximum atomic E-state index is 13.1. The van der Waals surface area contributed by atoms with Crippen LogP contribution in [-0.2, 0) is 0 Å². The van der Waals surface area contributed by atoms with Gasteiger partial charge in [-0.2, -0.15) is 0 Å². The summed E-state index contributed by atoms with van der Waals surface area (Å²) < 4.78 is 13.1. The zero-order valence-electron chi connectivity index (χ0n) is 13.4. The Kier molecular flexibility index (Phi) is 5.11. The summed E-state index contributed by atoms with van der Waals surface area (Å²) in [5.74, 6) is 1.08. The molecule has 4 rings (SSSR count). The Labute approximate surface area is 154 Å². The number of para-hydroxylation sites is 1. The molecule has 8 heteroatoms. The number of halogens is 2. The highest BCUT2D eigenvalue weighted by molar-refractivity contribution is 5.90. The highest BCUT2D eigenvalue weighted by Gasteiger charge is 2.17. The second-order valence-corrected chi connectivity index (χ2v) is 5.49. The molecule has 0 amide bonds. The van der Waals surface area contributed by atoms with Crippen LogP contribution in [-0.4, -0.2) is 25.0 Å². The lowest BCUT2D eigenvalue weighted by Crippen LogP contribution is -2.08. The Bertz CT molecular complexity index is 1010. The molecular weight excluding hydrogens is 357 g/mol. The van der Waals surface area contributed by atoms with Gasteiger partial charge in [-0.15, -0.1) is 12.4 Å². The highest BCUT2D eigenvalue weighted by Crippen LogP contribution is 2.27. The first-order valence-corrected chi connectivity index (χ1v) is 7.66. The Morgan fingerprint density at radius 2 is 1.81 bits per heavy atom. The molecular formula is C18H15ClFN5O. The van der Waals surface area contributed by atoms with Crippen LogP contribution in [0.2, 0.25) is 0 Å². The van der Waals surface area contributed by atoms with Crippen molar-refractivity contribution in [3.05, 3.63) is 78.3 Å². The first-order valence-electron chi connectivity index (χ1n) is 7.66. The van der Waals surface area contributed by atoms with E-state index in [0.29, 0.717) is 22.7 Å². The Morgan fingerprint density at radius 1 is 1.04 bits per heavy atom. The lowest BCUT2D eigenvalue weighted by atomic mass is 10.1. The van der Waals surface area contributed by atoms with Crippen LogP contribution >= 0.6 is 12.4 Å². The molecule has 2 heterocycles. The first-order chi connectivity index (χ1) is 12.2. The fraction of sp³-hybridized carbons (Fsp3) is 0.0556. The number of nitrogens with zero attached hydrogens (tertiary/aromatic N) is 3. The summed E-state index contributed by atoms with van der Waals surface area (Å²) in [6.45, 7) is 0. The first kappa shape index (κ1) is 17.8. The number of hydrogen-bond acceptors (Lipinski definition) is 5. The van der Waals surface area contributed by atoms with Crippen molar-refractivity contribution in [2.45, 2.75) is 6.10 Å². The summed E-state index contributed by atoms with van der Waals surface area (Å²) in [4.78, 5) is 15.8. The van der Waals surface area contributed by atoms with Gasteiger partial charge in [-0.25, -0.2) is 19.3 Å². The van der Waals surface area contributed by atoms with Gasteiger partial charge in [0.05, 0.1) is 18.0 Å². The van der Waals surface area contributed by atoms with Crippen molar-refractivity contribution in [1.29, 1.82) is 0 Å². The van der Waals surface area contributed by atoms with Crippen molar-refractivity contribution < 1.29 is 9.50 Å². The number of nitrogens with one attached hydrogen (secondary N) is 2. The number of aromatic amines is 1. The van der Waals surface area contributed by atoms with E-state index in [0.717, 1.165) is 5.39 Å². The van der Waals surface area contributed by atoms with Crippen LogP contribution in [0.5, 0.6) is 0 Å². The topological polar surface area (TPSA) is 86.7 Å². The molecule has 0 saturated heterocycles. The van der Waals surface area contributed by atoms with Crippen LogP contribution < -0.4 is 5.32 Å². The van der Waals surface area contributed by atoms with Crippen LogP contribution in [0.1, 0.15) is 17.5 Å². The summed E-state index contributed by atoms with van der Waals surface area (Å²) in [6.07, 6.45) is 2.12. The zero-order valence-corrected chi connectivity index (χ0v) is 14.2. The number of rotatable bonds is 4. The smallest absolute Gasteiger partial charge is 0.164 e. The molecule has 26 heavy (non-hydrogen) atoms. The van der Waals surface area contributed by atoms with Gasteiger partial charge in [0.25, 0.3) is 0 Å². The number of benzene rings is 2. The molecule has 0 aliphatic heterocycles. The molecule has 0 aliphatic carbocycles. The monoisotopic (exact) mass is 371 g/mol. The molecule has 3 N–H and O–H groups in total. The molecule has 0 unspecified atom stereocenters. The quantitative estimate of drug-likeness (QED) is 0.508. The van der Waals surface area contributed by atoms with Gasteiger partial charge in [0, 0.05) is 5.39 Å². The van der Waals surface area contributed by atoms with E-state index < -0.39 is 6.10 Å². The molecule has 1 atom stereocenters. The van der Waals surface area contributed by atoms with E-state index in [1.807, 2.05) is 24.3 Å². The third kappa shape index (κ3) is 3.49. The summed E-state index contributed by atoms with van der Waals surface area (Å²) in [7, 11) is 0. The molecule has 4 aromatic rings. The summed E-state index contributed by atoms with van der Waals surface area (Å²) in [6, 6.07) is 13.1. The van der Waals surface area contributed by atoms with Crippen LogP contribution in [0.4, 0.5) is 16.0 Å². The number of aromatic nitrogens is 4. The molecule has 0 radical (unpaired) electrons. The van der Waals surface area contributed by atoms with E-state index in [9.17, 15) is 9.50 Å². The lowest BCUT2D eigenvalue weighted by molar-refractivity contribution is 0.210. The molecule has 2 aromatic heterocycles. The lowest BCUT2D eigenvalue weighted by Gasteiger charge is -2.13. The number of aliphatic hydroxyl groups excluding tert-OH is 1. The van der Waals surface area contributed by atoms with Crippen molar-refractivity contribution in [3.63, 3.8) is 0 Å². The van der Waals surface area contributed by atoms with E-state index in [4.69, 9.17) is 0 Å². The molecule has 0 aliphatic rings. The Morgan fingerprint density at radius 3 is 2.54 bits per heavy atom. The third-order valence-corrected chi connectivity index (χ3v) is 3.80. The average Bonchev–Trinajstić information content (AvgIpc) is 3.15. The van der Waals surface area contributed by atoms with Gasteiger partial charge in [0.1, 0.15) is 23.6 Å². The molecule has 0 bridgehead atoms. The van der Waals surface area contributed by atoms with Gasteiger partial charge < -0.3 is 15.4 Å². The fourth-order valence-electron chi connectivity index (χ4n) is 2.56. The summed E-state index contributed by atoms with van der Waals surface area (Å²) >= 11 is 0. The third-order valence-electron chi connectivity index (χ3n) is 3.80. The number of aliphatic hydroxyl groups is 1. The summed E-state index contributed by atoms with van der Waals surface area (Å²) in [5, 5.41) is 14.6. The van der Waals surface area contributed by atoms with Gasteiger partial charge in [-0.3, -0.25) is 0 Å². The maximum absolute atomic E-state index is 13.1. The van der Waals surface area contributed by atoms with Crippen LogP contribution in [0, 0.1) is 5.82 Å². The minimum atomic E-state index is -1.06. The van der Waals surface area contributed by atoms with Crippen LogP contribution in [0.15, 0.2) is 61.1 Å². The molecule has 0 spiro atoms. The van der Waals surface area contributed by atoms with Gasteiger partial charge in [-0.05, 0) is 29.8 Å². The Hall–Kier alpha value is -3.03. The van der Waals surface area contributed by atoms with E-state index in [1.165, 1.54) is 24.3 Å². The number of H-pyrrole nitrogens is 1. The molecule has 0 saturated carbocycles. The van der Waals surface area contributed by atoms with Crippen molar-refractivity contribution in [1.82, 2.24) is 19.9 Å². The Balaban J connectivity index is 0.00000196. The SMILES string of the molecule is Cl.O[C@H](c1ccc(F)cc1)c1nc(Nc2cnc[nH]2)c2ccccc2n1. The van der Waals surface area contributed by atoms with Crippen LogP contribution in [0.25, 0.3) is 10.9 Å². The average molecular weight is 372 g/mol. The number of hydrogen-bond donors (Lipinski definition) is 3. The van der Waals surface area contributed by atoms with Crippen molar-refractivity contribution in [2.75, 3.05) is 5.32 Å². The standard InChI is InChI=1S/C18H14FN5O.ClH/c19-12-7-5-11(6-8-12)16(25)18-22-14-4-2-1-3-13(14)17(24-18)23-15-9-20-10-21-15;/h1-10,16,25H,(H,20,21)(H,22,23,24);1H/t16-;/m1./s1. The van der Waals surface area contributed by atoms with Gasteiger partial charge in [0.2, 0.25) is 0 Å². The predicted molar refractivity (Wildman–Crippen MR) is 99.1 cm³/mol. The van der Waals surface area contributed by atoms with E-state index in [1.54, 1.807) is 12.5 Å². The van der Waals surface area contributed by atoms with Crippen molar-refractivity contribution >= 4 is 34.9 Å². The van der Waals surface area contributed by atoms with E-state index in [2.05, 4.69) is 25.3 Å². The second-order valence-electron chi connectivity index (χ2n) is 5.49. The van der Waals surface area contributed by atoms with Crippen molar-refractivity contribution in [2.24, 2.45) is 0 Å². The highest BCUT2D eigenvalue weighted by atomic mass is 35.5. The van der Waals surface area contributed by atoms with Gasteiger partial charge in [-0.1, -0.05) is 24.3 Å².